The van der Waals surface area contributed by atoms with Crippen molar-refractivity contribution in [2.45, 2.75) is 26.0 Å². The van der Waals surface area contributed by atoms with E-state index in [2.05, 4.69) is 22.1 Å². The molecular formula is C10H18N6O. The number of aryl methyl sites for hydroxylation is 1. The molecule has 1 aliphatic rings. The highest BCUT2D eigenvalue weighted by Crippen LogP contribution is 2.16. The number of hydrogen-bond acceptors (Lipinski definition) is 5. The van der Waals surface area contributed by atoms with Crippen molar-refractivity contribution in [3.8, 4) is 0 Å². The Morgan fingerprint density at radius 2 is 2.53 bits per heavy atom. The first kappa shape index (κ1) is 11.8. The van der Waals surface area contributed by atoms with E-state index in [0.717, 1.165) is 25.3 Å². The lowest BCUT2D eigenvalue weighted by molar-refractivity contribution is 0.0819. The first-order chi connectivity index (χ1) is 8.22. The fourth-order valence-electron chi connectivity index (χ4n) is 1.91. The molecule has 3 N–H and O–H groups in total. The molecule has 0 aromatic carbocycles. The van der Waals surface area contributed by atoms with E-state index in [0.29, 0.717) is 13.2 Å². The Hall–Kier alpha value is -1.63. The predicted octanol–water partition coefficient (Wildman–Crippen LogP) is -0.171. The average Bonchev–Trinajstić information content (AvgIpc) is 2.78. The van der Waals surface area contributed by atoms with Gasteiger partial charge < -0.3 is 15.4 Å². The highest BCUT2D eigenvalue weighted by Gasteiger charge is 2.24. The van der Waals surface area contributed by atoms with Crippen LogP contribution in [0.3, 0.4) is 0 Å². The van der Waals surface area contributed by atoms with Crippen LogP contribution in [0.1, 0.15) is 13.3 Å². The molecule has 1 atom stereocenters. The normalized spacial score (nSPS) is 20.5. The monoisotopic (exact) mass is 238 g/mol. The second kappa shape index (κ2) is 5.13. The van der Waals surface area contributed by atoms with Crippen molar-refractivity contribution < 1.29 is 4.74 Å². The van der Waals surface area contributed by atoms with Gasteiger partial charge in [-0.15, -0.1) is 5.10 Å². The van der Waals surface area contributed by atoms with Gasteiger partial charge in [0.15, 0.2) is 0 Å². The van der Waals surface area contributed by atoms with Gasteiger partial charge in [0.25, 0.3) is 0 Å². The smallest absolute Gasteiger partial charge is 0.147 e. The topological polar surface area (TPSA) is 93.0 Å². The summed E-state index contributed by atoms with van der Waals surface area (Å²) in [6.07, 6.45) is 2.43. The maximum atomic E-state index is 7.43. The van der Waals surface area contributed by atoms with Gasteiger partial charge >= 0.3 is 0 Å². The molecule has 1 aromatic heterocycles. The van der Waals surface area contributed by atoms with Gasteiger partial charge in [0.2, 0.25) is 0 Å². The molecular weight excluding hydrogens is 220 g/mol. The van der Waals surface area contributed by atoms with Gasteiger partial charge in [0.05, 0.1) is 19.3 Å². The number of nitrogens with one attached hydrogen (secondary N) is 1. The predicted molar refractivity (Wildman–Crippen MR) is 64.2 cm³/mol. The molecule has 0 bridgehead atoms. The summed E-state index contributed by atoms with van der Waals surface area (Å²) in [5, 5.41) is 15.4. The van der Waals surface area contributed by atoms with E-state index in [1.165, 1.54) is 0 Å². The molecule has 1 fully saturated rings. The number of ether oxygens (including phenoxy) is 1. The third-order valence-corrected chi connectivity index (χ3v) is 2.77. The van der Waals surface area contributed by atoms with E-state index >= 15 is 0 Å². The Morgan fingerprint density at radius 1 is 1.71 bits per heavy atom. The Balaban J connectivity index is 2.10. The summed E-state index contributed by atoms with van der Waals surface area (Å²) in [6, 6.07) is 0. The van der Waals surface area contributed by atoms with E-state index < -0.39 is 0 Å². The zero-order valence-electron chi connectivity index (χ0n) is 9.96. The molecule has 0 aliphatic carbocycles. The SMILES string of the molecule is CCCn1nncc1N1CCOC(C(=N)N)C1. The maximum absolute atomic E-state index is 7.43. The van der Waals surface area contributed by atoms with Gasteiger partial charge in [-0.1, -0.05) is 12.1 Å². The fraction of sp³-hybridized carbons (Fsp3) is 0.700. The first-order valence-electron chi connectivity index (χ1n) is 5.81. The molecule has 17 heavy (non-hydrogen) atoms. The van der Waals surface area contributed by atoms with Crippen molar-refractivity contribution in [1.29, 1.82) is 5.41 Å². The molecule has 2 rings (SSSR count). The zero-order valence-corrected chi connectivity index (χ0v) is 9.96. The molecule has 2 heterocycles. The van der Waals surface area contributed by atoms with Crippen molar-refractivity contribution in [3.05, 3.63) is 6.20 Å². The van der Waals surface area contributed by atoms with Gasteiger partial charge in [-0.3, -0.25) is 5.41 Å². The molecule has 7 nitrogen and oxygen atoms in total. The zero-order chi connectivity index (χ0) is 12.3. The van der Waals surface area contributed by atoms with Crippen LogP contribution in [-0.4, -0.2) is 46.6 Å². The van der Waals surface area contributed by atoms with E-state index in [1.54, 1.807) is 6.20 Å². The summed E-state index contributed by atoms with van der Waals surface area (Å²) in [4.78, 5) is 2.12. The lowest BCUT2D eigenvalue weighted by atomic mass is 10.2. The summed E-state index contributed by atoms with van der Waals surface area (Å²) in [5.74, 6) is 1.05. The lowest BCUT2D eigenvalue weighted by Gasteiger charge is -2.33. The molecule has 1 aromatic rings. The van der Waals surface area contributed by atoms with Crippen LogP contribution >= 0.6 is 0 Å². The fourth-order valence-corrected chi connectivity index (χ4v) is 1.91. The quantitative estimate of drug-likeness (QED) is 0.561. The van der Waals surface area contributed by atoms with Crippen LogP contribution in [-0.2, 0) is 11.3 Å². The first-order valence-corrected chi connectivity index (χ1v) is 5.81. The summed E-state index contributed by atoms with van der Waals surface area (Å²) in [7, 11) is 0. The van der Waals surface area contributed by atoms with Gasteiger partial charge in [-0.25, -0.2) is 4.68 Å². The molecule has 0 spiro atoms. The number of hydrogen-bond donors (Lipinski definition) is 2. The van der Waals surface area contributed by atoms with Crippen LogP contribution in [0, 0.1) is 5.41 Å². The minimum atomic E-state index is -0.325. The number of amidine groups is 1. The third kappa shape index (κ3) is 2.55. The number of aromatic nitrogens is 3. The van der Waals surface area contributed by atoms with E-state index in [4.69, 9.17) is 15.9 Å². The molecule has 1 unspecified atom stereocenters. The standard InChI is InChI=1S/C10H18N6O/c1-2-3-16-9(6-13-14-16)15-4-5-17-8(7-15)10(11)12/h6,8H,2-5,7H2,1H3,(H3,11,12). The second-order valence-electron chi connectivity index (χ2n) is 4.08. The van der Waals surface area contributed by atoms with Gasteiger partial charge in [0, 0.05) is 13.1 Å². The second-order valence-corrected chi connectivity index (χ2v) is 4.08. The van der Waals surface area contributed by atoms with Gasteiger partial charge in [-0.2, -0.15) is 0 Å². The van der Waals surface area contributed by atoms with Crippen LogP contribution in [0.15, 0.2) is 6.20 Å². The van der Waals surface area contributed by atoms with Crippen LogP contribution < -0.4 is 10.6 Å². The van der Waals surface area contributed by atoms with Crippen LogP contribution in [0.25, 0.3) is 0 Å². The number of nitrogens with zero attached hydrogens (tertiary/aromatic N) is 4. The maximum Gasteiger partial charge on any atom is 0.147 e. The van der Waals surface area contributed by atoms with Gasteiger partial charge in [-0.05, 0) is 6.42 Å². The Morgan fingerprint density at radius 3 is 3.24 bits per heavy atom. The number of anilines is 1. The summed E-state index contributed by atoms with van der Waals surface area (Å²) >= 11 is 0. The molecule has 0 amide bonds. The highest BCUT2D eigenvalue weighted by molar-refractivity contribution is 5.82. The van der Waals surface area contributed by atoms with Crippen LogP contribution in [0.4, 0.5) is 5.82 Å². The minimum Gasteiger partial charge on any atom is -0.385 e. The Bertz CT molecular complexity index is 390. The van der Waals surface area contributed by atoms with Crippen LogP contribution in [0.2, 0.25) is 0 Å². The van der Waals surface area contributed by atoms with E-state index in [1.807, 2.05) is 4.68 Å². The largest absolute Gasteiger partial charge is 0.385 e. The highest BCUT2D eigenvalue weighted by atomic mass is 16.5. The van der Waals surface area contributed by atoms with Crippen molar-refractivity contribution >= 4 is 11.7 Å². The van der Waals surface area contributed by atoms with Gasteiger partial charge in [0.1, 0.15) is 17.8 Å². The number of rotatable bonds is 4. The minimum absolute atomic E-state index is 0.0733. The molecule has 1 aliphatic heterocycles. The van der Waals surface area contributed by atoms with Crippen molar-refractivity contribution in [2.24, 2.45) is 5.73 Å². The van der Waals surface area contributed by atoms with E-state index in [-0.39, 0.29) is 11.9 Å². The molecule has 0 saturated carbocycles. The molecule has 0 radical (unpaired) electrons. The summed E-state index contributed by atoms with van der Waals surface area (Å²) in [5.41, 5.74) is 5.47. The average molecular weight is 238 g/mol. The molecule has 1 saturated heterocycles. The van der Waals surface area contributed by atoms with Crippen LogP contribution in [0.5, 0.6) is 0 Å². The molecule has 94 valence electrons. The number of nitrogens with two attached hydrogens (primary N) is 1. The third-order valence-electron chi connectivity index (χ3n) is 2.77. The van der Waals surface area contributed by atoms with Crippen molar-refractivity contribution in [2.75, 3.05) is 24.6 Å². The Labute approximate surface area is 100 Å². The lowest BCUT2D eigenvalue weighted by Crippen LogP contribution is -2.48. The van der Waals surface area contributed by atoms with Crippen molar-refractivity contribution in [1.82, 2.24) is 15.0 Å². The molecule has 7 heteroatoms. The summed E-state index contributed by atoms with van der Waals surface area (Å²) < 4.78 is 7.30. The Kier molecular flexibility index (Phi) is 3.58. The van der Waals surface area contributed by atoms with E-state index in [9.17, 15) is 0 Å². The van der Waals surface area contributed by atoms with Crippen molar-refractivity contribution in [3.63, 3.8) is 0 Å². The summed E-state index contributed by atoms with van der Waals surface area (Å²) in [6.45, 7) is 4.88. The number of morpholine rings is 1.